The molecule has 0 bridgehead atoms. The zero-order valence-electron chi connectivity index (χ0n) is 15.6. The fourth-order valence-corrected chi connectivity index (χ4v) is 3.20. The molecule has 1 heterocycles. The summed E-state index contributed by atoms with van der Waals surface area (Å²) in [5, 5.41) is 0. The Balaban J connectivity index is 2.32. The molecule has 1 aliphatic heterocycles. The fraction of sp³-hybridized carbons (Fsp3) is 0.550. The van der Waals surface area contributed by atoms with E-state index in [2.05, 4.69) is 0 Å². The van der Waals surface area contributed by atoms with Crippen LogP contribution in [-0.4, -0.2) is 35.7 Å². The molecule has 1 aliphatic rings. The van der Waals surface area contributed by atoms with Crippen LogP contribution in [0.3, 0.4) is 0 Å². The number of hydrogen-bond donors (Lipinski definition) is 0. The predicted molar refractivity (Wildman–Crippen MR) is 98.2 cm³/mol. The van der Waals surface area contributed by atoms with Crippen LogP contribution in [0, 0.1) is 5.41 Å². The van der Waals surface area contributed by atoms with Gasteiger partial charge in [-0.15, -0.1) is 0 Å². The van der Waals surface area contributed by atoms with Crippen molar-refractivity contribution in [2.75, 3.05) is 11.4 Å². The minimum atomic E-state index is -0.683. The minimum absolute atomic E-state index is 0.378. The molecule has 0 radical (unpaired) electrons. The zero-order chi connectivity index (χ0) is 18.6. The number of likely N-dealkylation sites (tertiary alicyclic amines) is 1. The van der Waals surface area contributed by atoms with Gasteiger partial charge < -0.3 is 4.90 Å². The Morgan fingerprint density at radius 2 is 1.96 bits per heavy atom. The summed E-state index contributed by atoms with van der Waals surface area (Å²) >= 11 is 0. The van der Waals surface area contributed by atoms with Gasteiger partial charge in [-0.25, -0.2) is 0 Å². The zero-order valence-corrected chi connectivity index (χ0v) is 15.6. The topological polar surface area (TPSA) is 57.7 Å². The van der Waals surface area contributed by atoms with Gasteiger partial charge in [0.1, 0.15) is 6.17 Å². The van der Waals surface area contributed by atoms with E-state index in [0.29, 0.717) is 19.4 Å². The van der Waals surface area contributed by atoms with E-state index in [9.17, 15) is 14.4 Å². The SMILES string of the molecule is CCc1ccccc1N(C=O)[C@@H]1CCCN1C(=O)C(=O)C(C)(C)CC. The highest BCUT2D eigenvalue weighted by Crippen LogP contribution is 2.30. The van der Waals surface area contributed by atoms with Gasteiger partial charge in [-0.3, -0.25) is 19.3 Å². The van der Waals surface area contributed by atoms with E-state index in [1.54, 1.807) is 23.6 Å². The lowest BCUT2D eigenvalue weighted by atomic mass is 9.84. The third-order valence-corrected chi connectivity index (χ3v) is 5.26. The molecule has 1 aromatic rings. The van der Waals surface area contributed by atoms with Gasteiger partial charge >= 0.3 is 0 Å². The molecule has 2 amide bonds. The summed E-state index contributed by atoms with van der Waals surface area (Å²) in [6, 6.07) is 7.71. The number of carbonyl (C=O) groups excluding carboxylic acids is 3. The number of anilines is 1. The number of amides is 2. The smallest absolute Gasteiger partial charge is 0.292 e. The molecule has 25 heavy (non-hydrogen) atoms. The van der Waals surface area contributed by atoms with Crippen LogP contribution in [0.15, 0.2) is 24.3 Å². The first-order valence-electron chi connectivity index (χ1n) is 9.04. The van der Waals surface area contributed by atoms with Gasteiger partial charge in [0.05, 0.1) is 0 Å². The van der Waals surface area contributed by atoms with Crippen molar-refractivity contribution in [2.24, 2.45) is 5.41 Å². The second kappa shape index (κ2) is 7.81. The summed E-state index contributed by atoms with van der Waals surface area (Å²) in [4.78, 5) is 40.4. The Hall–Kier alpha value is -2.17. The summed E-state index contributed by atoms with van der Waals surface area (Å²) in [5.41, 5.74) is 1.18. The fourth-order valence-electron chi connectivity index (χ4n) is 3.20. The Kier molecular flexibility index (Phi) is 5.98. The molecular formula is C20H28N2O3. The Labute approximate surface area is 150 Å². The Morgan fingerprint density at radius 1 is 1.28 bits per heavy atom. The maximum Gasteiger partial charge on any atom is 0.292 e. The van der Waals surface area contributed by atoms with Crippen molar-refractivity contribution >= 4 is 23.8 Å². The van der Waals surface area contributed by atoms with Crippen LogP contribution in [0.2, 0.25) is 0 Å². The highest BCUT2D eigenvalue weighted by atomic mass is 16.2. The molecule has 2 rings (SSSR count). The third-order valence-electron chi connectivity index (χ3n) is 5.26. The van der Waals surface area contributed by atoms with Crippen LogP contribution in [0.1, 0.15) is 52.5 Å². The molecule has 0 aromatic heterocycles. The van der Waals surface area contributed by atoms with Crippen molar-refractivity contribution in [3.8, 4) is 0 Å². The average molecular weight is 344 g/mol. The highest BCUT2D eigenvalue weighted by molar-refractivity contribution is 6.38. The first kappa shape index (κ1) is 19.2. The Morgan fingerprint density at radius 3 is 2.56 bits per heavy atom. The largest absolute Gasteiger partial charge is 0.315 e. The molecule has 1 fully saturated rings. The van der Waals surface area contributed by atoms with Crippen LogP contribution in [0.5, 0.6) is 0 Å². The molecule has 0 unspecified atom stereocenters. The van der Waals surface area contributed by atoms with Gasteiger partial charge in [0.25, 0.3) is 5.91 Å². The summed E-state index contributed by atoms with van der Waals surface area (Å²) in [7, 11) is 0. The maximum absolute atomic E-state index is 12.8. The molecule has 0 spiro atoms. The third kappa shape index (κ3) is 3.75. The van der Waals surface area contributed by atoms with Gasteiger partial charge in [-0.05, 0) is 37.3 Å². The quantitative estimate of drug-likeness (QED) is 0.564. The number of carbonyl (C=O) groups is 3. The first-order chi connectivity index (χ1) is 11.9. The summed E-state index contributed by atoms with van der Waals surface area (Å²) < 4.78 is 0. The summed E-state index contributed by atoms with van der Waals surface area (Å²) in [5.74, 6) is -0.855. The second-order valence-corrected chi connectivity index (χ2v) is 7.18. The van der Waals surface area contributed by atoms with Crippen LogP contribution >= 0.6 is 0 Å². The van der Waals surface area contributed by atoms with E-state index >= 15 is 0 Å². The van der Waals surface area contributed by atoms with Gasteiger partial charge in [-0.1, -0.05) is 45.9 Å². The van der Waals surface area contributed by atoms with E-state index < -0.39 is 17.5 Å². The number of benzene rings is 1. The Bertz CT molecular complexity index is 654. The van der Waals surface area contributed by atoms with Crippen LogP contribution in [0.4, 0.5) is 5.69 Å². The number of ketones is 1. The standard InChI is InChI=1S/C20H28N2O3/c1-5-15-10-7-8-11-16(15)22(14-23)17-12-9-13-21(17)19(25)18(24)20(3,4)6-2/h7-8,10-11,14,17H,5-6,9,12-13H2,1-4H3/t17-/m1/s1. The molecule has 1 atom stereocenters. The predicted octanol–water partition coefficient (Wildman–Crippen LogP) is 3.17. The van der Waals surface area contributed by atoms with Crippen molar-refractivity contribution in [3.63, 3.8) is 0 Å². The summed E-state index contributed by atoms with van der Waals surface area (Å²) in [6.45, 7) is 8.03. The van der Waals surface area contributed by atoms with Crippen LogP contribution in [0.25, 0.3) is 0 Å². The van der Waals surface area contributed by atoms with E-state index in [4.69, 9.17) is 0 Å². The lowest BCUT2D eigenvalue weighted by Gasteiger charge is -2.34. The van der Waals surface area contributed by atoms with Gasteiger partial charge in [0, 0.05) is 17.6 Å². The molecule has 0 N–H and O–H groups in total. The monoisotopic (exact) mass is 344 g/mol. The number of rotatable bonds is 7. The first-order valence-corrected chi connectivity index (χ1v) is 9.04. The van der Waals surface area contributed by atoms with E-state index in [-0.39, 0.29) is 5.78 Å². The number of para-hydroxylation sites is 1. The number of hydrogen-bond acceptors (Lipinski definition) is 3. The van der Waals surface area contributed by atoms with Gasteiger partial charge in [0.2, 0.25) is 12.2 Å². The van der Waals surface area contributed by atoms with E-state index in [0.717, 1.165) is 30.5 Å². The molecule has 1 aromatic carbocycles. The van der Waals surface area contributed by atoms with Crippen molar-refractivity contribution in [1.29, 1.82) is 0 Å². The number of nitrogens with zero attached hydrogens (tertiary/aromatic N) is 2. The molecule has 5 heteroatoms. The maximum atomic E-state index is 12.8. The van der Waals surface area contributed by atoms with Gasteiger partial charge in [0.15, 0.2) is 0 Å². The van der Waals surface area contributed by atoms with Crippen molar-refractivity contribution < 1.29 is 14.4 Å². The molecule has 0 aliphatic carbocycles. The molecular weight excluding hydrogens is 316 g/mol. The number of aryl methyl sites for hydroxylation is 1. The average Bonchev–Trinajstić information content (AvgIpc) is 3.11. The second-order valence-electron chi connectivity index (χ2n) is 7.18. The van der Waals surface area contributed by atoms with E-state index in [1.165, 1.54) is 0 Å². The van der Waals surface area contributed by atoms with Crippen molar-refractivity contribution in [3.05, 3.63) is 29.8 Å². The normalized spacial score (nSPS) is 17.4. The van der Waals surface area contributed by atoms with Crippen LogP contribution < -0.4 is 4.90 Å². The van der Waals surface area contributed by atoms with E-state index in [1.807, 2.05) is 38.1 Å². The molecule has 5 nitrogen and oxygen atoms in total. The lowest BCUT2D eigenvalue weighted by Crippen LogP contribution is -2.51. The lowest BCUT2D eigenvalue weighted by molar-refractivity contribution is -0.149. The minimum Gasteiger partial charge on any atom is -0.315 e. The number of Topliss-reactive ketones (excluding diaryl/α,β-unsaturated/α-hetero) is 1. The highest BCUT2D eigenvalue weighted by Gasteiger charge is 2.40. The molecule has 136 valence electrons. The summed E-state index contributed by atoms with van der Waals surface area (Å²) in [6.07, 6.45) is 3.25. The molecule has 1 saturated heterocycles. The van der Waals surface area contributed by atoms with Crippen molar-refractivity contribution in [1.82, 2.24) is 4.90 Å². The van der Waals surface area contributed by atoms with Crippen molar-refractivity contribution in [2.45, 2.75) is 59.5 Å². The van der Waals surface area contributed by atoms with Crippen LogP contribution in [-0.2, 0) is 20.8 Å². The molecule has 0 saturated carbocycles. The van der Waals surface area contributed by atoms with Gasteiger partial charge in [-0.2, -0.15) is 0 Å².